The third kappa shape index (κ3) is 3.93. The Hall–Kier alpha value is -2.69. The summed E-state index contributed by atoms with van der Waals surface area (Å²) in [4.78, 5) is 0. The average molecular weight is 395 g/mol. The van der Waals surface area contributed by atoms with E-state index in [4.69, 9.17) is 0 Å². The summed E-state index contributed by atoms with van der Waals surface area (Å²) < 4.78 is 0.200. The van der Waals surface area contributed by atoms with Crippen LogP contribution in [-0.4, -0.2) is 18.3 Å². The fourth-order valence-corrected chi connectivity index (χ4v) is 12.8. The van der Waals surface area contributed by atoms with Crippen LogP contribution < -0.4 is 15.6 Å². The lowest BCUT2D eigenvalue weighted by molar-refractivity contribution is 0.940. The van der Waals surface area contributed by atoms with Gasteiger partial charge in [0.25, 0.3) is 0 Å². The minimum Gasteiger partial charge on any atom is -0.0663 e. The highest BCUT2D eigenvalue weighted by atomic mass is 28.3. The Kier molecular flexibility index (Phi) is 5.70. The van der Waals surface area contributed by atoms with Crippen LogP contribution in [0.2, 0.25) is 0 Å². The Morgan fingerprint density at radius 3 is 1.39 bits per heavy atom. The molecule has 0 heterocycles. The van der Waals surface area contributed by atoms with E-state index >= 15 is 0 Å². The van der Waals surface area contributed by atoms with Crippen LogP contribution >= 0.6 is 0 Å². The molecule has 0 aromatic heterocycles. The van der Waals surface area contributed by atoms with Crippen molar-refractivity contribution in [2.24, 2.45) is 0 Å². The van der Waals surface area contributed by atoms with Crippen molar-refractivity contribution < 1.29 is 0 Å². The quantitative estimate of drug-likeness (QED) is 0.441. The second-order valence-corrected chi connectivity index (χ2v) is 14.6. The van der Waals surface area contributed by atoms with Crippen LogP contribution in [0.5, 0.6) is 0 Å². The molecule has 0 aliphatic rings. The summed E-state index contributed by atoms with van der Waals surface area (Å²) in [5.74, 6) is 0. The van der Waals surface area contributed by atoms with Crippen molar-refractivity contribution >= 4 is 33.9 Å². The zero-order valence-electron chi connectivity index (χ0n) is 16.3. The van der Waals surface area contributed by atoms with E-state index in [0.29, 0.717) is 0 Å². The highest BCUT2D eigenvalue weighted by Gasteiger charge is 2.39. The van der Waals surface area contributed by atoms with Gasteiger partial charge in [-0.05, 0) is 10.2 Å². The van der Waals surface area contributed by atoms with Gasteiger partial charge in [-0.3, -0.25) is 0 Å². The first-order chi connectivity index (χ1) is 13.8. The highest BCUT2D eigenvalue weighted by Crippen LogP contribution is 2.26. The molecule has 0 nitrogen and oxygen atoms in total. The Morgan fingerprint density at radius 1 is 0.536 bits per heavy atom. The number of benzene rings is 4. The smallest absolute Gasteiger partial charge is 0.0663 e. The standard InChI is InChI=1S/C26H26Si2/c1-26(22-14-6-2-7-15-22,27-23-16-8-3-9-17-23)28(24-18-10-4-11-19-24)25-20-12-5-13-21-25/h2-21,28H,27H2,1H3. The molecular weight excluding hydrogens is 368 g/mol. The molecule has 0 aliphatic heterocycles. The third-order valence-corrected chi connectivity index (χ3v) is 13.3. The zero-order chi connectivity index (χ0) is 19.2. The van der Waals surface area contributed by atoms with Gasteiger partial charge in [-0.25, -0.2) is 0 Å². The van der Waals surface area contributed by atoms with E-state index < -0.39 is 18.3 Å². The fourth-order valence-electron chi connectivity index (χ4n) is 4.43. The average Bonchev–Trinajstić information content (AvgIpc) is 2.77. The molecule has 4 aromatic rings. The van der Waals surface area contributed by atoms with Crippen molar-refractivity contribution in [3.8, 4) is 0 Å². The van der Waals surface area contributed by atoms with Crippen molar-refractivity contribution in [1.82, 2.24) is 0 Å². The van der Waals surface area contributed by atoms with E-state index in [2.05, 4.69) is 128 Å². The van der Waals surface area contributed by atoms with Gasteiger partial charge in [0, 0.05) is 0 Å². The molecule has 0 aliphatic carbocycles. The Balaban J connectivity index is 1.91. The molecule has 28 heavy (non-hydrogen) atoms. The lowest BCUT2D eigenvalue weighted by Crippen LogP contribution is -2.61. The first-order valence-corrected chi connectivity index (χ1v) is 13.1. The van der Waals surface area contributed by atoms with E-state index in [-0.39, 0.29) is 4.66 Å². The van der Waals surface area contributed by atoms with Crippen LogP contribution in [0.4, 0.5) is 0 Å². The normalized spacial score (nSPS) is 13.6. The number of hydrogen-bond acceptors (Lipinski definition) is 0. The molecule has 1 unspecified atom stereocenters. The van der Waals surface area contributed by atoms with Crippen LogP contribution in [0.15, 0.2) is 121 Å². The molecule has 4 rings (SSSR count). The molecule has 0 N–H and O–H groups in total. The Bertz CT molecular complexity index is 946. The molecule has 0 fully saturated rings. The largest absolute Gasteiger partial charge is 0.110 e. The molecule has 0 spiro atoms. The molecule has 0 radical (unpaired) electrons. The van der Waals surface area contributed by atoms with Gasteiger partial charge in [-0.1, -0.05) is 144 Å². The molecule has 0 saturated carbocycles. The molecule has 0 amide bonds. The Morgan fingerprint density at radius 2 is 0.929 bits per heavy atom. The maximum absolute atomic E-state index is 2.54. The van der Waals surface area contributed by atoms with Crippen molar-refractivity contribution in [1.29, 1.82) is 0 Å². The fraction of sp³-hybridized carbons (Fsp3) is 0.0769. The summed E-state index contributed by atoms with van der Waals surface area (Å²) >= 11 is 0. The van der Waals surface area contributed by atoms with Crippen molar-refractivity contribution in [2.45, 2.75) is 11.6 Å². The van der Waals surface area contributed by atoms with Crippen LogP contribution in [0, 0.1) is 0 Å². The van der Waals surface area contributed by atoms with Crippen molar-refractivity contribution in [3.63, 3.8) is 0 Å². The van der Waals surface area contributed by atoms with Crippen LogP contribution in [0.25, 0.3) is 0 Å². The number of hydrogen-bond donors (Lipinski definition) is 0. The van der Waals surface area contributed by atoms with Gasteiger partial charge >= 0.3 is 0 Å². The molecule has 0 saturated heterocycles. The van der Waals surface area contributed by atoms with E-state index in [0.717, 1.165) is 0 Å². The van der Waals surface area contributed by atoms with E-state index in [1.54, 1.807) is 5.19 Å². The van der Waals surface area contributed by atoms with Crippen LogP contribution in [0.3, 0.4) is 0 Å². The monoisotopic (exact) mass is 394 g/mol. The van der Waals surface area contributed by atoms with Gasteiger partial charge in [-0.15, -0.1) is 0 Å². The Labute approximate surface area is 172 Å². The van der Waals surface area contributed by atoms with Gasteiger partial charge < -0.3 is 0 Å². The summed E-state index contributed by atoms with van der Waals surface area (Å²) in [5.41, 5.74) is 1.50. The first kappa shape index (κ1) is 18.7. The topological polar surface area (TPSA) is 0 Å². The van der Waals surface area contributed by atoms with Gasteiger partial charge in [0.15, 0.2) is 0 Å². The minimum absolute atomic E-state index is 0.200. The van der Waals surface area contributed by atoms with Gasteiger partial charge in [0.2, 0.25) is 0 Å². The molecule has 4 aromatic carbocycles. The maximum Gasteiger partial charge on any atom is 0.110 e. The van der Waals surface area contributed by atoms with Crippen molar-refractivity contribution in [3.05, 3.63) is 127 Å². The van der Waals surface area contributed by atoms with E-state index in [9.17, 15) is 0 Å². The number of rotatable bonds is 6. The lowest BCUT2D eigenvalue weighted by Gasteiger charge is -2.38. The van der Waals surface area contributed by atoms with Gasteiger partial charge in [0.1, 0.15) is 8.80 Å². The molecular formula is C26H26Si2. The van der Waals surface area contributed by atoms with Gasteiger partial charge in [-0.2, -0.15) is 0 Å². The maximum atomic E-state index is 2.54. The molecule has 138 valence electrons. The van der Waals surface area contributed by atoms with Crippen LogP contribution in [-0.2, 0) is 4.66 Å². The minimum atomic E-state index is -1.52. The summed E-state index contributed by atoms with van der Waals surface area (Å²) in [6.07, 6.45) is 0. The summed E-state index contributed by atoms with van der Waals surface area (Å²) in [6, 6.07) is 44.9. The van der Waals surface area contributed by atoms with Crippen LogP contribution in [0.1, 0.15) is 12.5 Å². The second-order valence-electron chi connectivity index (χ2n) is 7.70. The highest BCUT2D eigenvalue weighted by molar-refractivity contribution is 6.95. The molecule has 0 bridgehead atoms. The molecule has 1 atom stereocenters. The summed E-state index contributed by atoms with van der Waals surface area (Å²) in [6.45, 7) is 2.54. The predicted octanol–water partition coefficient (Wildman–Crippen LogP) is 2.98. The first-order valence-electron chi connectivity index (χ1n) is 9.97. The van der Waals surface area contributed by atoms with E-state index in [1.165, 1.54) is 15.9 Å². The van der Waals surface area contributed by atoms with Crippen molar-refractivity contribution in [2.75, 3.05) is 0 Å². The SMILES string of the molecule is CC([SiH2]c1ccccc1)(c1ccccc1)[SiH](c1ccccc1)c1ccccc1. The predicted molar refractivity (Wildman–Crippen MR) is 128 cm³/mol. The van der Waals surface area contributed by atoms with Gasteiger partial charge in [0.05, 0.1) is 9.52 Å². The molecule has 2 heteroatoms. The zero-order valence-corrected chi connectivity index (χ0v) is 18.9. The summed E-state index contributed by atoms with van der Waals surface area (Å²) in [7, 11) is -2.08. The lowest BCUT2D eigenvalue weighted by atomic mass is 10.1. The van der Waals surface area contributed by atoms with E-state index in [1.807, 2.05) is 0 Å². The third-order valence-electron chi connectivity index (χ3n) is 5.75. The second kappa shape index (κ2) is 8.55. The summed E-state index contributed by atoms with van der Waals surface area (Å²) in [5, 5.41) is 4.60.